The van der Waals surface area contributed by atoms with Gasteiger partial charge in [-0.2, -0.15) is 0 Å². The highest BCUT2D eigenvalue weighted by molar-refractivity contribution is 14.2. The quantitative estimate of drug-likeness (QED) is 0.691. The van der Waals surface area contributed by atoms with Crippen LogP contribution in [0, 0.1) is 5.92 Å². The lowest BCUT2D eigenvalue weighted by Gasteiger charge is -2.31. The first kappa shape index (κ1) is 10.2. The molecule has 0 heterocycles. The number of halogens is 1. The van der Waals surface area contributed by atoms with Gasteiger partial charge in [-0.25, -0.2) is 0 Å². The van der Waals surface area contributed by atoms with Crippen LogP contribution in [0.3, 0.4) is 0 Å². The Hall–Kier alpha value is 1.08. The molecule has 0 nitrogen and oxygen atoms in total. The summed E-state index contributed by atoms with van der Waals surface area (Å²) < 4.78 is 0.567. The largest absolute Gasteiger partial charge is 0.0825 e. The Morgan fingerprint density at radius 3 is 2.36 bits per heavy atom. The van der Waals surface area contributed by atoms with E-state index in [9.17, 15) is 0 Å². The van der Waals surface area contributed by atoms with E-state index in [1.807, 2.05) is 8.93 Å². The van der Waals surface area contributed by atoms with Gasteiger partial charge in [-0.1, -0.05) is 28.7 Å². The maximum absolute atomic E-state index is 2.47. The Morgan fingerprint density at radius 2 is 2.00 bits per heavy atom. The Kier molecular flexibility index (Phi) is 4.02. The summed E-state index contributed by atoms with van der Waals surface area (Å²) in [5.41, 5.74) is 0. The van der Waals surface area contributed by atoms with Crippen LogP contribution in [0.25, 0.3) is 0 Å². The molecule has 1 atom stereocenters. The van der Waals surface area contributed by atoms with Crippen molar-refractivity contribution in [3.05, 3.63) is 0 Å². The molecule has 0 spiro atoms. The summed E-state index contributed by atoms with van der Waals surface area (Å²) >= 11 is 2.47. The fourth-order valence-corrected chi connectivity index (χ4v) is 4.43. The summed E-state index contributed by atoms with van der Waals surface area (Å²) in [4.78, 5) is 0. The molecule has 1 aliphatic carbocycles. The molecule has 0 saturated heterocycles. The standard InChI is InChI=1S/C9H17IS/c1-3-9(2,11-10)8-6-4-5-7-8/h8H,3-7H2,1-2H3. The molecule has 2 heteroatoms. The van der Waals surface area contributed by atoms with Crippen molar-refractivity contribution in [2.45, 2.75) is 50.7 Å². The van der Waals surface area contributed by atoms with Gasteiger partial charge in [0.25, 0.3) is 0 Å². The van der Waals surface area contributed by atoms with Crippen molar-refractivity contribution in [2.24, 2.45) is 5.92 Å². The minimum Gasteiger partial charge on any atom is -0.0825 e. The summed E-state index contributed by atoms with van der Waals surface area (Å²) in [6, 6.07) is 0. The molecule has 0 aromatic carbocycles. The molecule has 0 aliphatic heterocycles. The molecular formula is C9H17IS. The fourth-order valence-electron chi connectivity index (χ4n) is 1.94. The van der Waals surface area contributed by atoms with Gasteiger partial charge in [0.2, 0.25) is 0 Å². The van der Waals surface area contributed by atoms with Crippen LogP contribution in [-0.2, 0) is 0 Å². The molecular weight excluding hydrogens is 267 g/mol. The third kappa shape index (κ3) is 2.27. The second-order valence-corrected chi connectivity index (χ2v) is 6.13. The van der Waals surface area contributed by atoms with Crippen LogP contribution in [0.4, 0.5) is 0 Å². The first-order valence-electron chi connectivity index (χ1n) is 4.52. The van der Waals surface area contributed by atoms with Crippen molar-refractivity contribution in [3.8, 4) is 0 Å². The summed E-state index contributed by atoms with van der Waals surface area (Å²) in [6.07, 6.45) is 7.21. The third-order valence-corrected chi connectivity index (χ3v) is 7.09. The van der Waals surface area contributed by atoms with E-state index in [1.165, 1.54) is 32.1 Å². The highest BCUT2D eigenvalue weighted by atomic mass is 127. The predicted molar refractivity (Wildman–Crippen MR) is 62.3 cm³/mol. The van der Waals surface area contributed by atoms with Crippen molar-refractivity contribution >= 4 is 30.1 Å². The van der Waals surface area contributed by atoms with Gasteiger partial charge in [0, 0.05) is 4.75 Å². The van der Waals surface area contributed by atoms with Gasteiger partial charge in [-0.3, -0.25) is 0 Å². The molecule has 1 rings (SSSR count). The number of rotatable bonds is 3. The molecule has 0 radical (unpaired) electrons. The first-order chi connectivity index (χ1) is 5.23. The molecule has 1 aliphatic rings. The first-order valence-corrected chi connectivity index (χ1v) is 7.88. The molecule has 0 amide bonds. The lowest BCUT2D eigenvalue weighted by atomic mass is 9.89. The van der Waals surface area contributed by atoms with E-state index >= 15 is 0 Å². The van der Waals surface area contributed by atoms with E-state index in [-0.39, 0.29) is 0 Å². The Morgan fingerprint density at radius 1 is 1.45 bits per heavy atom. The highest BCUT2D eigenvalue weighted by Crippen LogP contribution is 2.47. The monoisotopic (exact) mass is 284 g/mol. The molecule has 0 bridgehead atoms. The van der Waals surface area contributed by atoms with Crippen molar-refractivity contribution < 1.29 is 0 Å². The molecule has 0 N–H and O–H groups in total. The van der Waals surface area contributed by atoms with Crippen molar-refractivity contribution in [2.75, 3.05) is 0 Å². The Bertz CT molecular complexity index is 115. The topological polar surface area (TPSA) is 0 Å². The van der Waals surface area contributed by atoms with E-state index in [0.29, 0.717) is 4.75 Å². The Balaban J connectivity index is 2.52. The zero-order chi connectivity index (χ0) is 8.32. The van der Waals surface area contributed by atoms with Gasteiger partial charge in [-0.15, -0.1) is 0 Å². The van der Waals surface area contributed by atoms with E-state index in [1.54, 1.807) is 0 Å². The SMILES string of the molecule is CCC(C)(SI)C1CCCC1. The van der Waals surface area contributed by atoms with Gasteiger partial charge < -0.3 is 0 Å². The lowest BCUT2D eigenvalue weighted by Crippen LogP contribution is -2.26. The average molecular weight is 284 g/mol. The van der Waals surface area contributed by atoms with Crippen molar-refractivity contribution in [1.29, 1.82) is 0 Å². The van der Waals surface area contributed by atoms with Gasteiger partial charge in [0.15, 0.2) is 0 Å². The fraction of sp³-hybridized carbons (Fsp3) is 1.00. The highest BCUT2D eigenvalue weighted by Gasteiger charge is 2.34. The van der Waals surface area contributed by atoms with Gasteiger partial charge in [0.05, 0.1) is 0 Å². The molecule has 0 aromatic rings. The molecule has 1 fully saturated rings. The lowest BCUT2D eigenvalue weighted by molar-refractivity contribution is 0.402. The zero-order valence-electron chi connectivity index (χ0n) is 7.40. The summed E-state index contributed by atoms with van der Waals surface area (Å²) in [6.45, 7) is 4.75. The molecule has 0 aromatic heterocycles. The van der Waals surface area contributed by atoms with Crippen LogP contribution in [0.15, 0.2) is 0 Å². The second-order valence-electron chi connectivity index (χ2n) is 3.72. The van der Waals surface area contributed by atoms with Crippen LogP contribution in [0.2, 0.25) is 0 Å². The molecule has 11 heavy (non-hydrogen) atoms. The van der Waals surface area contributed by atoms with Crippen molar-refractivity contribution in [1.82, 2.24) is 0 Å². The summed E-state index contributed by atoms with van der Waals surface area (Å²) in [5, 5.41) is 0. The van der Waals surface area contributed by atoms with Crippen LogP contribution >= 0.6 is 30.1 Å². The maximum atomic E-state index is 2.47. The minimum atomic E-state index is 0.567. The number of hydrogen-bond donors (Lipinski definition) is 0. The van der Waals surface area contributed by atoms with Crippen LogP contribution < -0.4 is 0 Å². The third-order valence-electron chi connectivity index (χ3n) is 3.10. The smallest absolute Gasteiger partial charge is 0.0257 e. The van der Waals surface area contributed by atoms with Gasteiger partial charge in [0.1, 0.15) is 0 Å². The Labute approximate surface area is 86.5 Å². The van der Waals surface area contributed by atoms with Gasteiger partial charge in [-0.05, 0) is 53.3 Å². The predicted octanol–water partition coefficient (Wildman–Crippen LogP) is 4.43. The van der Waals surface area contributed by atoms with E-state index in [2.05, 4.69) is 35.1 Å². The molecule has 1 saturated carbocycles. The molecule has 1 unspecified atom stereocenters. The summed E-state index contributed by atoms with van der Waals surface area (Å²) in [7, 11) is 2.04. The maximum Gasteiger partial charge on any atom is 0.0257 e. The van der Waals surface area contributed by atoms with Crippen LogP contribution in [0.5, 0.6) is 0 Å². The van der Waals surface area contributed by atoms with E-state index in [4.69, 9.17) is 0 Å². The summed E-state index contributed by atoms with van der Waals surface area (Å²) in [5.74, 6) is 0.995. The number of hydrogen-bond acceptors (Lipinski definition) is 1. The van der Waals surface area contributed by atoms with E-state index < -0.39 is 0 Å². The van der Waals surface area contributed by atoms with Gasteiger partial charge >= 0.3 is 0 Å². The molecule has 66 valence electrons. The van der Waals surface area contributed by atoms with E-state index in [0.717, 1.165) is 5.92 Å². The van der Waals surface area contributed by atoms with Crippen molar-refractivity contribution in [3.63, 3.8) is 0 Å². The van der Waals surface area contributed by atoms with Crippen LogP contribution in [-0.4, -0.2) is 4.75 Å². The normalized spacial score (nSPS) is 25.4. The van der Waals surface area contributed by atoms with Crippen LogP contribution in [0.1, 0.15) is 46.0 Å². The zero-order valence-corrected chi connectivity index (χ0v) is 10.4. The second kappa shape index (κ2) is 4.35. The minimum absolute atomic E-state index is 0.567. The average Bonchev–Trinajstić information content (AvgIpc) is 2.55.